The highest BCUT2D eigenvalue weighted by Gasteiger charge is 2.02. The molecule has 1 N–H and O–H groups in total. The largest absolute Gasteiger partial charge is 0.467 e. The highest BCUT2D eigenvalue weighted by atomic mass is 32.1. The third-order valence-corrected chi connectivity index (χ3v) is 3.03. The number of hydrogen-bond acceptors (Lipinski definition) is 2. The van der Waals surface area contributed by atoms with Crippen LogP contribution in [-0.2, 0) is 11.3 Å². The van der Waals surface area contributed by atoms with Crippen LogP contribution in [0.3, 0.4) is 0 Å². The molecule has 0 bridgehead atoms. The van der Waals surface area contributed by atoms with Crippen LogP contribution in [0.25, 0.3) is 0 Å². The lowest BCUT2D eigenvalue weighted by atomic mass is 10.1. The van der Waals surface area contributed by atoms with E-state index in [1.807, 2.05) is 18.2 Å². The molecule has 2 rings (SSSR count). The number of benzene rings is 1. The molecule has 0 aromatic heterocycles. The summed E-state index contributed by atoms with van der Waals surface area (Å²) in [5.41, 5.74) is 2.49. The van der Waals surface area contributed by atoms with Crippen molar-refractivity contribution in [2.24, 2.45) is 0 Å². The van der Waals surface area contributed by atoms with E-state index in [-0.39, 0.29) is 0 Å². The molecule has 18 heavy (non-hydrogen) atoms. The van der Waals surface area contributed by atoms with Crippen LogP contribution in [0.15, 0.2) is 54.1 Å². The van der Waals surface area contributed by atoms with Gasteiger partial charge in [0, 0.05) is 6.54 Å². The van der Waals surface area contributed by atoms with Crippen molar-refractivity contribution in [3.8, 4) is 0 Å². The second-order valence-corrected chi connectivity index (χ2v) is 4.58. The van der Waals surface area contributed by atoms with Crippen molar-refractivity contribution in [3.63, 3.8) is 0 Å². The Kier molecular flexibility index (Phi) is 4.97. The lowest BCUT2D eigenvalue weighted by Gasteiger charge is -2.12. The summed E-state index contributed by atoms with van der Waals surface area (Å²) in [6.45, 7) is 1.30. The van der Waals surface area contributed by atoms with Crippen molar-refractivity contribution in [2.45, 2.75) is 19.4 Å². The van der Waals surface area contributed by atoms with Gasteiger partial charge in [0.2, 0.25) is 0 Å². The smallest absolute Gasteiger partial charge is 0.257 e. The molecule has 0 fully saturated rings. The van der Waals surface area contributed by atoms with Crippen molar-refractivity contribution >= 4 is 17.4 Å². The molecule has 1 aliphatic carbocycles. The van der Waals surface area contributed by atoms with Gasteiger partial charge in [0.05, 0.1) is 0 Å². The molecule has 0 spiro atoms. The summed E-state index contributed by atoms with van der Waals surface area (Å²) in [6, 6.07) is 10.1. The molecule has 1 aromatic carbocycles. The van der Waals surface area contributed by atoms with E-state index in [9.17, 15) is 0 Å². The molecule has 3 heteroatoms. The summed E-state index contributed by atoms with van der Waals surface area (Å²) < 4.78 is 5.52. The van der Waals surface area contributed by atoms with Gasteiger partial charge in [-0.3, -0.25) is 0 Å². The van der Waals surface area contributed by atoms with Crippen molar-refractivity contribution in [3.05, 3.63) is 59.7 Å². The number of ether oxygens (including phenoxy) is 1. The van der Waals surface area contributed by atoms with Gasteiger partial charge in [-0.2, -0.15) is 0 Å². The molecule has 0 aliphatic heterocycles. The Morgan fingerprint density at radius 2 is 2.11 bits per heavy atom. The molecule has 2 nitrogen and oxygen atoms in total. The minimum Gasteiger partial charge on any atom is -0.467 e. The topological polar surface area (TPSA) is 21.3 Å². The molecule has 1 aliphatic rings. The predicted molar refractivity (Wildman–Crippen MR) is 78.3 cm³/mol. The number of nitrogens with one attached hydrogen (secondary N) is 1. The summed E-state index contributed by atoms with van der Waals surface area (Å²) in [5.74, 6) is 0. The van der Waals surface area contributed by atoms with E-state index in [2.05, 4.69) is 35.7 Å². The Hall–Kier alpha value is -1.61. The van der Waals surface area contributed by atoms with Crippen LogP contribution in [0.4, 0.5) is 0 Å². The maximum absolute atomic E-state index is 5.52. The highest BCUT2D eigenvalue weighted by Crippen LogP contribution is 2.11. The normalized spacial score (nSPS) is 13.9. The number of allylic oxidation sites excluding steroid dienone is 3. The number of rotatable bonds is 4. The molecule has 94 valence electrons. The molecular formula is C15H17NOS. The Balaban J connectivity index is 1.69. The fraction of sp³-hybridized carbons (Fsp3) is 0.267. The van der Waals surface area contributed by atoms with E-state index >= 15 is 0 Å². The van der Waals surface area contributed by atoms with Gasteiger partial charge in [0.15, 0.2) is 0 Å². The van der Waals surface area contributed by atoms with Crippen LogP contribution in [0.1, 0.15) is 18.4 Å². The Morgan fingerprint density at radius 3 is 2.83 bits per heavy atom. The van der Waals surface area contributed by atoms with E-state index < -0.39 is 0 Å². The third-order valence-electron chi connectivity index (χ3n) is 2.77. The van der Waals surface area contributed by atoms with Gasteiger partial charge < -0.3 is 10.1 Å². The van der Waals surface area contributed by atoms with Gasteiger partial charge in [-0.1, -0.05) is 48.6 Å². The lowest BCUT2D eigenvalue weighted by molar-refractivity contribution is 0.327. The maximum Gasteiger partial charge on any atom is 0.257 e. The monoisotopic (exact) mass is 259 g/mol. The molecule has 0 saturated carbocycles. The highest BCUT2D eigenvalue weighted by molar-refractivity contribution is 7.80. The zero-order valence-corrected chi connectivity index (χ0v) is 11.1. The minimum atomic E-state index is 0.467. The molecule has 0 unspecified atom stereocenters. The van der Waals surface area contributed by atoms with Gasteiger partial charge in [-0.15, -0.1) is 0 Å². The minimum absolute atomic E-state index is 0.467. The van der Waals surface area contributed by atoms with Crippen LogP contribution in [0.5, 0.6) is 0 Å². The van der Waals surface area contributed by atoms with Crippen molar-refractivity contribution in [1.82, 2.24) is 5.32 Å². The van der Waals surface area contributed by atoms with E-state index in [0.29, 0.717) is 18.3 Å². The average molecular weight is 259 g/mol. The van der Waals surface area contributed by atoms with Gasteiger partial charge >= 0.3 is 0 Å². The first-order chi connectivity index (χ1) is 8.84. The fourth-order valence-corrected chi connectivity index (χ4v) is 1.88. The average Bonchev–Trinajstić information content (AvgIpc) is 2.45. The van der Waals surface area contributed by atoms with Gasteiger partial charge in [0.1, 0.15) is 6.61 Å². The second kappa shape index (κ2) is 6.97. The summed E-state index contributed by atoms with van der Waals surface area (Å²) in [7, 11) is 0. The summed E-state index contributed by atoms with van der Waals surface area (Å²) in [5, 5.41) is 3.57. The van der Waals surface area contributed by atoms with Crippen LogP contribution < -0.4 is 5.32 Å². The first-order valence-electron chi connectivity index (χ1n) is 6.14. The SMILES string of the molecule is S=C(NCc1ccccc1)OCC1=CC=CCC1. The van der Waals surface area contributed by atoms with Crippen molar-refractivity contribution in [1.29, 1.82) is 0 Å². The summed E-state index contributed by atoms with van der Waals surface area (Å²) in [6.07, 6.45) is 8.50. The Labute approximate surface area is 113 Å². The lowest BCUT2D eigenvalue weighted by Crippen LogP contribution is -2.24. The molecular weight excluding hydrogens is 242 g/mol. The molecule has 0 atom stereocenters. The Bertz CT molecular complexity index is 451. The molecule has 0 heterocycles. The first-order valence-corrected chi connectivity index (χ1v) is 6.54. The maximum atomic E-state index is 5.52. The van der Waals surface area contributed by atoms with E-state index in [0.717, 1.165) is 12.8 Å². The van der Waals surface area contributed by atoms with Crippen LogP contribution in [-0.4, -0.2) is 11.8 Å². The molecule has 0 saturated heterocycles. The van der Waals surface area contributed by atoms with Crippen molar-refractivity contribution in [2.75, 3.05) is 6.61 Å². The van der Waals surface area contributed by atoms with E-state index in [4.69, 9.17) is 17.0 Å². The molecule has 0 amide bonds. The van der Waals surface area contributed by atoms with Crippen molar-refractivity contribution < 1.29 is 4.74 Å². The van der Waals surface area contributed by atoms with Crippen LogP contribution in [0, 0.1) is 0 Å². The van der Waals surface area contributed by atoms with E-state index in [1.165, 1.54) is 11.1 Å². The standard InChI is InChI=1S/C15H17NOS/c18-15(16-11-13-7-3-1-4-8-13)17-12-14-9-5-2-6-10-14/h1-5,7-9H,6,10-12H2,(H,16,18). The quantitative estimate of drug-likeness (QED) is 0.838. The predicted octanol–water partition coefficient (Wildman–Crippen LogP) is 3.35. The second-order valence-electron chi connectivity index (χ2n) is 4.21. The summed E-state index contributed by atoms with van der Waals surface area (Å²) >= 11 is 5.14. The van der Waals surface area contributed by atoms with Gasteiger partial charge in [0.25, 0.3) is 5.17 Å². The zero-order chi connectivity index (χ0) is 12.6. The van der Waals surface area contributed by atoms with Gasteiger partial charge in [-0.05, 0) is 36.2 Å². The fourth-order valence-electron chi connectivity index (χ4n) is 1.75. The van der Waals surface area contributed by atoms with Crippen LogP contribution in [0.2, 0.25) is 0 Å². The Morgan fingerprint density at radius 1 is 1.28 bits per heavy atom. The van der Waals surface area contributed by atoms with E-state index in [1.54, 1.807) is 0 Å². The number of hydrogen-bond donors (Lipinski definition) is 1. The molecule has 1 aromatic rings. The van der Waals surface area contributed by atoms with Crippen LogP contribution >= 0.6 is 12.2 Å². The molecule has 0 radical (unpaired) electrons. The number of thiocarbonyl (C=S) groups is 1. The zero-order valence-electron chi connectivity index (χ0n) is 10.3. The van der Waals surface area contributed by atoms with Gasteiger partial charge in [-0.25, -0.2) is 0 Å². The summed E-state index contributed by atoms with van der Waals surface area (Å²) in [4.78, 5) is 0. The first kappa shape index (κ1) is 12.8. The third kappa shape index (κ3) is 4.34.